The van der Waals surface area contributed by atoms with Gasteiger partial charge in [-0.15, -0.1) is 0 Å². The molecule has 5 nitrogen and oxygen atoms in total. The molecular weight excluding hydrogens is 282 g/mol. The molecule has 120 valence electrons. The second kappa shape index (κ2) is 7.29. The van der Waals surface area contributed by atoms with E-state index in [1.54, 1.807) is 4.90 Å². The lowest BCUT2D eigenvalue weighted by atomic mass is 9.97. The zero-order valence-electron chi connectivity index (χ0n) is 13.2. The lowest BCUT2D eigenvalue weighted by Crippen LogP contribution is -2.40. The number of ether oxygens (including phenoxy) is 1. The first-order valence-corrected chi connectivity index (χ1v) is 7.68. The van der Waals surface area contributed by atoms with Gasteiger partial charge < -0.3 is 14.7 Å². The molecule has 1 amide bonds. The largest absolute Gasteiger partial charge is 0.493 e. The normalized spacial score (nSPS) is 15.6. The predicted octanol–water partition coefficient (Wildman–Crippen LogP) is 2.40. The summed E-state index contributed by atoms with van der Waals surface area (Å²) in [5.41, 5.74) is 2.26. The van der Waals surface area contributed by atoms with Crippen LogP contribution in [0.15, 0.2) is 18.2 Å². The summed E-state index contributed by atoms with van der Waals surface area (Å²) in [6.45, 7) is 5.43. The Balaban J connectivity index is 1.77. The van der Waals surface area contributed by atoms with Gasteiger partial charge in [0.1, 0.15) is 5.75 Å². The van der Waals surface area contributed by atoms with Crippen molar-refractivity contribution in [2.75, 3.05) is 19.7 Å². The highest BCUT2D eigenvalue weighted by Crippen LogP contribution is 2.21. The van der Waals surface area contributed by atoms with E-state index < -0.39 is 5.97 Å². The van der Waals surface area contributed by atoms with Gasteiger partial charge in [-0.05, 0) is 43.9 Å². The second-order valence-electron chi connectivity index (χ2n) is 5.79. The number of aliphatic carboxylic acids is 1. The van der Waals surface area contributed by atoms with Crippen molar-refractivity contribution in [1.82, 2.24) is 4.90 Å². The lowest BCUT2D eigenvalue weighted by Gasteiger charge is -2.30. The first-order valence-electron chi connectivity index (χ1n) is 7.68. The van der Waals surface area contributed by atoms with E-state index in [1.165, 1.54) is 5.56 Å². The Kier molecular flexibility index (Phi) is 5.41. The van der Waals surface area contributed by atoms with Gasteiger partial charge in [0.25, 0.3) is 0 Å². The fourth-order valence-electron chi connectivity index (χ4n) is 2.66. The summed E-state index contributed by atoms with van der Waals surface area (Å²) in [6.07, 6.45) is 1.41. The van der Waals surface area contributed by atoms with E-state index in [2.05, 4.69) is 0 Å². The van der Waals surface area contributed by atoms with Gasteiger partial charge in [0.05, 0.1) is 18.9 Å². The number of hydrogen-bond acceptors (Lipinski definition) is 3. The molecule has 2 rings (SSSR count). The number of hydrogen-bond donors (Lipinski definition) is 1. The third-order valence-corrected chi connectivity index (χ3v) is 4.33. The first kappa shape index (κ1) is 16.3. The molecule has 0 spiro atoms. The van der Waals surface area contributed by atoms with Crippen LogP contribution in [-0.2, 0) is 9.59 Å². The third kappa shape index (κ3) is 4.00. The summed E-state index contributed by atoms with van der Waals surface area (Å²) in [7, 11) is 0. The maximum absolute atomic E-state index is 12.1. The van der Waals surface area contributed by atoms with Gasteiger partial charge >= 0.3 is 5.97 Å². The number of rotatable bonds is 5. The molecule has 0 aliphatic carbocycles. The zero-order chi connectivity index (χ0) is 16.1. The molecule has 1 aliphatic heterocycles. The van der Waals surface area contributed by atoms with E-state index in [1.807, 2.05) is 32.0 Å². The molecule has 0 radical (unpaired) electrons. The second-order valence-corrected chi connectivity index (χ2v) is 5.79. The number of aryl methyl sites for hydroxylation is 1. The van der Waals surface area contributed by atoms with E-state index in [0.717, 1.165) is 11.3 Å². The van der Waals surface area contributed by atoms with Crippen LogP contribution in [0, 0.1) is 19.8 Å². The van der Waals surface area contributed by atoms with E-state index in [4.69, 9.17) is 9.84 Å². The van der Waals surface area contributed by atoms with Gasteiger partial charge in [-0.3, -0.25) is 9.59 Å². The molecule has 1 saturated heterocycles. The summed E-state index contributed by atoms with van der Waals surface area (Å²) >= 11 is 0. The Hall–Kier alpha value is -2.04. The number of likely N-dealkylation sites (tertiary alicyclic amines) is 1. The molecule has 1 aromatic rings. The summed E-state index contributed by atoms with van der Waals surface area (Å²) in [5, 5.41) is 8.96. The molecule has 1 N–H and O–H groups in total. The molecule has 0 atom stereocenters. The molecule has 1 heterocycles. The Morgan fingerprint density at radius 2 is 1.95 bits per heavy atom. The molecule has 0 bridgehead atoms. The number of carbonyl (C=O) groups excluding carboxylic acids is 1. The van der Waals surface area contributed by atoms with Crippen LogP contribution in [0.1, 0.15) is 30.4 Å². The van der Waals surface area contributed by atoms with E-state index in [-0.39, 0.29) is 11.8 Å². The Morgan fingerprint density at radius 3 is 2.59 bits per heavy atom. The standard InChI is InChI=1S/C17H23NO4/c1-12-4-3-5-15(13(12)2)22-11-8-16(19)18-9-6-14(7-10-18)17(20)21/h3-5,14H,6-11H2,1-2H3,(H,20,21). The number of nitrogens with zero attached hydrogens (tertiary/aromatic N) is 1. The predicted molar refractivity (Wildman–Crippen MR) is 83.0 cm³/mol. The average Bonchev–Trinajstić information content (AvgIpc) is 2.51. The van der Waals surface area contributed by atoms with Crippen LogP contribution in [0.25, 0.3) is 0 Å². The van der Waals surface area contributed by atoms with Crippen molar-refractivity contribution in [3.05, 3.63) is 29.3 Å². The zero-order valence-corrected chi connectivity index (χ0v) is 13.2. The Bertz CT molecular complexity index is 548. The summed E-state index contributed by atoms with van der Waals surface area (Å²) in [5.74, 6) is -0.216. The number of amides is 1. The Labute approximate surface area is 130 Å². The molecule has 0 aromatic heterocycles. The number of carboxylic acid groups (broad SMARTS) is 1. The first-order chi connectivity index (χ1) is 10.5. The van der Waals surface area contributed by atoms with Gasteiger partial charge in [-0.2, -0.15) is 0 Å². The van der Waals surface area contributed by atoms with Crippen molar-refractivity contribution in [2.45, 2.75) is 33.1 Å². The topological polar surface area (TPSA) is 66.8 Å². The van der Waals surface area contributed by atoms with Crippen LogP contribution >= 0.6 is 0 Å². The SMILES string of the molecule is Cc1cccc(OCCC(=O)N2CCC(C(=O)O)CC2)c1C. The van der Waals surface area contributed by atoms with Crippen LogP contribution in [0.3, 0.4) is 0 Å². The molecular formula is C17H23NO4. The van der Waals surface area contributed by atoms with Crippen LogP contribution in [-0.4, -0.2) is 41.6 Å². The molecule has 0 saturated carbocycles. The van der Waals surface area contributed by atoms with Crippen LogP contribution in [0.5, 0.6) is 5.75 Å². The highest BCUT2D eigenvalue weighted by molar-refractivity contribution is 5.77. The Morgan fingerprint density at radius 1 is 1.27 bits per heavy atom. The van der Waals surface area contributed by atoms with Crippen molar-refractivity contribution in [2.24, 2.45) is 5.92 Å². The minimum Gasteiger partial charge on any atom is -0.493 e. The van der Waals surface area contributed by atoms with Gasteiger partial charge in [0.15, 0.2) is 0 Å². The van der Waals surface area contributed by atoms with E-state index >= 15 is 0 Å². The molecule has 1 aromatic carbocycles. The smallest absolute Gasteiger partial charge is 0.306 e. The third-order valence-electron chi connectivity index (χ3n) is 4.33. The maximum Gasteiger partial charge on any atom is 0.306 e. The number of carboxylic acids is 1. The van der Waals surface area contributed by atoms with Crippen molar-refractivity contribution in [1.29, 1.82) is 0 Å². The number of piperidine rings is 1. The quantitative estimate of drug-likeness (QED) is 0.907. The monoisotopic (exact) mass is 305 g/mol. The van der Waals surface area contributed by atoms with E-state index in [0.29, 0.717) is 39.0 Å². The molecule has 22 heavy (non-hydrogen) atoms. The molecule has 1 fully saturated rings. The van der Waals surface area contributed by atoms with E-state index in [9.17, 15) is 9.59 Å². The minimum absolute atomic E-state index is 0.0362. The highest BCUT2D eigenvalue weighted by Gasteiger charge is 2.26. The fraction of sp³-hybridized carbons (Fsp3) is 0.529. The number of carbonyl (C=O) groups is 2. The van der Waals surface area contributed by atoms with Crippen molar-refractivity contribution >= 4 is 11.9 Å². The summed E-state index contributed by atoms with van der Waals surface area (Å²) in [6, 6.07) is 5.88. The molecule has 1 aliphatic rings. The maximum atomic E-state index is 12.1. The van der Waals surface area contributed by atoms with Crippen LogP contribution < -0.4 is 4.74 Å². The minimum atomic E-state index is -0.759. The van der Waals surface area contributed by atoms with Gasteiger partial charge in [0.2, 0.25) is 5.91 Å². The highest BCUT2D eigenvalue weighted by atomic mass is 16.5. The van der Waals surface area contributed by atoms with Crippen molar-refractivity contribution in [3.63, 3.8) is 0 Å². The average molecular weight is 305 g/mol. The van der Waals surface area contributed by atoms with Crippen LogP contribution in [0.4, 0.5) is 0 Å². The van der Waals surface area contributed by atoms with Gasteiger partial charge in [-0.1, -0.05) is 12.1 Å². The van der Waals surface area contributed by atoms with Crippen molar-refractivity contribution in [3.8, 4) is 5.75 Å². The molecule has 0 unspecified atom stereocenters. The number of benzene rings is 1. The van der Waals surface area contributed by atoms with Gasteiger partial charge in [-0.25, -0.2) is 0 Å². The molecule has 5 heteroatoms. The summed E-state index contributed by atoms with van der Waals surface area (Å²) in [4.78, 5) is 24.8. The summed E-state index contributed by atoms with van der Waals surface area (Å²) < 4.78 is 5.70. The van der Waals surface area contributed by atoms with Crippen LogP contribution in [0.2, 0.25) is 0 Å². The van der Waals surface area contributed by atoms with Gasteiger partial charge in [0, 0.05) is 13.1 Å². The van der Waals surface area contributed by atoms with Crippen molar-refractivity contribution < 1.29 is 19.4 Å². The fourth-order valence-corrected chi connectivity index (χ4v) is 2.66. The lowest BCUT2D eigenvalue weighted by molar-refractivity contribution is -0.145.